The third kappa shape index (κ3) is 3.41. The van der Waals surface area contributed by atoms with Gasteiger partial charge in [-0.05, 0) is 47.9 Å². The van der Waals surface area contributed by atoms with Gasteiger partial charge < -0.3 is 4.57 Å². The van der Waals surface area contributed by atoms with Crippen LogP contribution in [0.5, 0.6) is 0 Å². The highest BCUT2D eigenvalue weighted by atomic mass is 14.9. The molecule has 32 heavy (non-hydrogen) atoms. The lowest BCUT2D eigenvalue weighted by atomic mass is 10.0. The van der Waals surface area contributed by atoms with Gasteiger partial charge in [0.25, 0.3) is 0 Å². The highest BCUT2D eigenvalue weighted by Crippen LogP contribution is 2.37. The average molecular weight is 414 g/mol. The van der Waals surface area contributed by atoms with Gasteiger partial charge in [-0.3, -0.25) is 0 Å². The number of fused-ring (bicyclic) bond motifs is 7. The van der Waals surface area contributed by atoms with Gasteiger partial charge >= 0.3 is 0 Å². The predicted octanol–water partition coefficient (Wildman–Crippen LogP) is 7.94. The van der Waals surface area contributed by atoms with E-state index in [9.17, 15) is 0 Å². The van der Waals surface area contributed by atoms with Crippen molar-refractivity contribution in [3.05, 3.63) is 71.8 Å². The van der Waals surface area contributed by atoms with Crippen LogP contribution in [0.1, 0.15) is 50.7 Å². The summed E-state index contributed by atoms with van der Waals surface area (Å²) in [6, 6.07) is 22.2. The molecule has 0 aliphatic rings. The molecule has 0 N–H and O–H groups in total. The molecule has 1 aromatic heterocycles. The van der Waals surface area contributed by atoms with Crippen molar-refractivity contribution in [3.63, 3.8) is 0 Å². The third-order valence-electron chi connectivity index (χ3n) is 6.16. The molecule has 156 valence electrons. The molecular weight excluding hydrogens is 386 g/mol. The lowest BCUT2D eigenvalue weighted by Gasteiger charge is -2.06. The van der Waals surface area contributed by atoms with Gasteiger partial charge in [-0.2, -0.15) is 0 Å². The first-order valence-corrected chi connectivity index (χ1v) is 11.6. The minimum absolute atomic E-state index is 0.944. The molecule has 0 amide bonds. The van der Waals surface area contributed by atoms with Crippen LogP contribution < -0.4 is 0 Å². The highest BCUT2D eigenvalue weighted by Gasteiger charge is 2.14. The normalized spacial score (nSPS) is 11.0. The fourth-order valence-electron chi connectivity index (χ4n) is 4.63. The molecule has 1 nitrogen and oxygen atoms in total. The molecule has 0 spiro atoms. The van der Waals surface area contributed by atoms with Crippen LogP contribution in [-0.2, 0) is 7.05 Å². The second kappa shape index (κ2) is 8.45. The molecule has 0 saturated carbocycles. The first-order chi connectivity index (χ1) is 15.7. The summed E-state index contributed by atoms with van der Waals surface area (Å²) >= 11 is 0. The van der Waals surface area contributed by atoms with E-state index in [-0.39, 0.29) is 0 Å². The maximum atomic E-state index is 3.31. The fourth-order valence-corrected chi connectivity index (χ4v) is 4.63. The second-order valence-corrected chi connectivity index (χ2v) is 8.46. The van der Waals surface area contributed by atoms with E-state index in [1.165, 1.54) is 43.4 Å². The number of hydrogen-bond acceptors (Lipinski definition) is 0. The van der Waals surface area contributed by atoms with E-state index in [4.69, 9.17) is 0 Å². The Morgan fingerprint density at radius 3 is 1.47 bits per heavy atom. The van der Waals surface area contributed by atoms with Crippen molar-refractivity contribution >= 4 is 43.4 Å². The predicted molar refractivity (Wildman–Crippen MR) is 139 cm³/mol. The smallest absolute Gasteiger partial charge is 0.0568 e. The summed E-state index contributed by atoms with van der Waals surface area (Å²) in [7, 11) is 2.19. The first kappa shape index (κ1) is 20.2. The summed E-state index contributed by atoms with van der Waals surface area (Å²) in [5, 5.41) is 7.63. The van der Waals surface area contributed by atoms with Crippen LogP contribution in [0.25, 0.3) is 43.4 Å². The molecule has 0 saturated heterocycles. The van der Waals surface area contributed by atoms with E-state index in [0.717, 1.165) is 36.8 Å². The summed E-state index contributed by atoms with van der Waals surface area (Å²) in [5.74, 6) is 13.1. The SMILES string of the molecule is CCCC#Cc1ccc2c(ccc3c4ccc5cc(C#CCCC)ccc5c4n(C)c23)c1. The molecular formula is C31H27N. The molecule has 0 aliphatic carbocycles. The Morgan fingerprint density at radius 1 is 0.594 bits per heavy atom. The molecule has 0 atom stereocenters. The largest absolute Gasteiger partial charge is 0.343 e. The lowest BCUT2D eigenvalue weighted by Crippen LogP contribution is -1.90. The van der Waals surface area contributed by atoms with Gasteiger partial charge in [-0.15, -0.1) is 0 Å². The zero-order chi connectivity index (χ0) is 22.1. The molecule has 5 aromatic rings. The molecule has 5 rings (SSSR count). The van der Waals surface area contributed by atoms with E-state index < -0.39 is 0 Å². The van der Waals surface area contributed by atoms with Crippen LogP contribution in [0.15, 0.2) is 60.7 Å². The molecule has 0 fully saturated rings. The Morgan fingerprint density at radius 2 is 1.03 bits per heavy atom. The van der Waals surface area contributed by atoms with Gasteiger partial charge in [0.2, 0.25) is 0 Å². The van der Waals surface area contributed by atoms with Gasteiger partial charge in [-0.1, -0.05) is 73.9 Å². The minimum Gasteiger partial charge on any atom is -0.343 e. The number of rotatable bonds is 2. The van der Waals surface area contributed by atoms with Gasteiger partial charge in [-0.25, -0.2) is 0 Å². The first-order valence-electron chi connectivity index (χ1n) is 11.6. The summed E-state index contributed by atoms with van der Waals surface area (Å²) < 4.78 is 2.36. The molecule has 0 radical (unpaired) electrons. The second-order valence-electron chi connectivity index (χ2n) is 8.46. The Balaban J connectivity index is 1.72. The van der Waals surface area contributed by atoms with Crippen molar-refractivity contribution in [2.24, 2.45) is 7.05 Å². The minimum atomic E-state index is 0.944. The number of benzene rings is 4. The Hall–Kier alpha value is -3.68. The van der Waals surface area contributed by atoms with Crippen molar-refractivity contribution in [2.75, 3.05) is 0 Å². The molecule has 1 heterocycles. The maximum absolute atomic E-state index is 3.31. The van der Waals surface area contributed by atoms with Crippen LogP contribution in [0.2, 0.25) is 0 Å². The molecule has 4 aromatic carbocycles. The van der Waals surface area contributed by atoms with E-state index in [1.807, 2.05) is 0 Å². The fraction of sp³-hybridized carbons (Fsp3) is 0.226. The van der Waals surface area contributed by atoms with Crippen LogP contribution in [-0.4, -0.2) is 4.57 Å². The van der Waals surface area contributed by atoms with E-state index in [2.05, 4.69) is 110 Å². The van der Waals surface area contributed by atoms with E-state index in [0.29, 0.717) is 0 Å². The molecule has 0 unspecified atom stereocenters. The van der Waals surface area contributed by atoms with Crippen molar-refractivity contribution in [1.82, 2.24) is 4.57 Å². The third-order valence-corrected chi connectivity index (χ3v) is 6.16. The number of hydrogen-bond donors (Lipinski definition) is 0. The topological polar surface area (TPSA) is 4.93 Å². The number of aromatic nitrogens is 1. The molecule has 1 heteroatoms. The summed E-state index contributed by atoms with van der Waals surface area (Å²) in [4.78, 5) is 0. The van der Waals surface area contributed by atoms with Gasteiger partial charge in [0, 0.05) is 52.6 Å². The number of unbranched alkanes of at least 4 members (excludes halogenated alkanes) is 2. The standard InChI is InChI=1S/C31H27N/c1-4-6-8-10-22-12-16-26-24(20-22)14-18-28-29-19-15-25-21-23(11-9-7-5-2)13-17-27(25)31(29)32(3)30(26)28/h12-21H,4-7H2,1-3H3. The van der Waals surface area contributed by atoms with Gasteiger partial charge in [0.15, 0.2) is 0 Å². The number of aryl methyl sites for hydroxylation is 1. The average Bonchev–Trinajstić information content (AvgIpc) is 3.11. The monoisotopic (exact) mass is 413 g/mol. The summed E-state index contributed by atoms with van der Waals surface area (Å²) in [6.07, 6.45) is 4.08. The molecule has 0 bridgehead atoms. The quantitative estimate of drug-likeness (QED) is 0.259. The lowest BCUT2D eigenvalue weighted by molar-refractivity contribution is 0.983. The van der Waals surface area contributed by atoms with Crippen molar-refractivity contribution < 1.29 is 0 Å². The number of nitrogens with zero attached hydrogens (tertiary/aromatic N) is 1. The van der Waals surface area contributed by atoms with Crippen LogP contribution in [0, 0.1) is 23.7 Å². The van der Waals surface area contributed by atoms with Crippen LogP contribution >= 0.6 is 0 Å². The molecule has 0 aliphatic heterocycles. The Labute approximate surface area is 190 Å². The summed E-state index contributed by atoms with van der Waals surface area (Å²) in [5.41, 5.74) is 4.74. The van der Waals surface area contributed by atoms with Crippen molar-refractivity contribution in [3.8, 4) is 23.7 Å². The zero-order valence-corrected chi connectivity index (χ0v) is 19.0. The van der Waals surface area contributed by atoms with Crippen LogP contribution in [0.3, 0.4) is 0 Å². The van der Waals surface area contributed by atoms with E-state index >= 15 is 0 Å². The van der Waals surface area contributed by atoms with Gasteiger partial charge in [0.05, 0.1) is 11.0 Å². The van der Waals surface area contributed by atoms with Crippen LogP contribution in [0.4, 0.5) is 0 Å². The summed E-state index contributed by atoms with van der Waals surface area (Å²) in [6.45, 7) is 4.33. The highest BCUT2D eigenvalue weighted by molar-refractivity contribution is 6.23. The Kier molecular flexibility index (Phi) is 5.34. The van der Waals surface area contributed by atoms with E-state index in [1.54, 1.807) is 0 Å². The Bertz CT molecular complexity index is 1490. The maximum Gasteiger partial charge on any atom is 0.0568 e. The van der Waals surface area contributed by atoms with Crippen molar-refractivity contribution in [2.45, 2.75) is 39.5 Å². The van der Waals surface area contributed by atoms with Crippen molar-refractivity contribution in [1.29, 1.82) is 0 Å². The van der Waals surface area contributed by atoms with Gasteiger partial charge in [0.1, 0.15) is 0 Å². The zero-order valence-electron chi connectivity index (χ0n) is 19.0.